The van der Waals surface area contributed by atoms with E-state index in [1.54, 1.807) is 31.4 Å². The van der Waals surface area contributed by atoms with Crippen molar-refractivity contribution in [2.24, 2.45) is 5.73 Å². The molecule has 0 bridgehead atoms. The van der Waals surface area contributed by atoms with Crippen molar-refractivity contribution in [2.75, 3.05) is 23.1 Å². The Morgan fingerprint density at radius 1 is 1.09 bits per heavy atom. The summed E-state index contributed by atoms with van der Waals surface area (Å²) in [4.78, 5) is 32.5. The fraction of sp³-hybridized carbons (Fsp3) is 0.143. The van der Waals surface area contributed by atoms with Crippen molar-refractivity contribution in [2.45, 2.75) is 12.7 Å². The zero-order valence-electron chi connectivity index (χ0n) is 18.1. The Hall–Kier alpha value is -4.75. The Morgan fingerprint density at radius 2 is 1.77 bits per heavy atom. The van der Waals surface area contributed by atoms with Crippen LogP contribution in [0.1, 0.15) is 16.1 Å². The molecule has 2 aromatic carbocycles. The minimum atomic E-state index is -5.08. The maximum atomic E-state index is 12.3. The Labute approximate surface area is 196 Å². The van der Waals surface area contributed by atoms with Crippen LogP contribution in [0.4, 0.5) is 35.0 Å². The number of H-pyrrole nitrogens is 1. The molecule has 7 N–H and O–H groups in total. The van der Waals surface area contributed by atoms with Crippen LogP contribution < -0.4 is 26.4 Å². The Kier molecular flexibility index (Phi) is 9.03. The smallest absolute Gasteiger partial charge is 0.490 e. The summed E-state index contributed by atoms with van der Waals surface area (Å²) >= 11 is 0. The molecule has 3 amide bonds. The number of amides is 3. The number of carboxylic acids is 1. The fourth-order valence-corrected chi connectivity index (χ4v) is 2.60. The van der Waals surface area contributed by atoms with E-state index >= 15 is 0 Å². The number of benzene rings is 2. The van der Waals surface area contributed by atoms with Gasteiger partial charge < -0.3 is 31.5 Å². The predicted molar refractivity (Wildman–Crippen MR) is 120 cm³/mol. The van der Waals surface area contributed by atoms with E-state index in [2.05, 4.69) is 26.1 Å². The number of aromatic nitrogens is 2. The molecule has 0 saturated carbocycles. The molecule has 14 heteroatoms. The number of anilines is 3. The normalized spacial score (nSPS) is 10.4. The number of primary amides is 1. The minimum absolute atomic E-state index is 0.213. The van der Waals surface area contributed by atoms with Gasteiger partial charge in [-0.2, -0.15) is 18.3 Å². The molecular formula is C21H21F3N6O5. The van der Waals surface area contributed by atoms with Crippen molar-refractivity contribution in [3.63, 3.8) is 0 Å². The standard InChI is InChI=1S/C19H20N6O3.C2HF3O2/c1-28-16-8-3-2-7-14(16)24-19(27)23-13-6-4-5-12(9-13)10-21-15-11-22-25-17(15)18(20)26;3-2(4,5)1(6)7/h2-9,11,21H,10H2,1H3,(H2,20,26)(H,22,25)(H2,23,24,27);(H,6,7). The molecule has 11 nitrogen and oxygen atoms in total. The summed E-state index contributed by atoms with van der Waals surface area (Å²) in [7, 11) is 1.54. The summed E-state index contributed by atoms with van der Waals surface area (Å²) < 4.78 is 37.0. The molecule has 0 radical (unpaired) electrons. The molecular weight excluding hydrogens is 473 g/mol. The van der Waals surface area contributed by atoms with Crippen LogP contribution >= 0.6 is 0 Å². The second kappa shape index (κ2) is 11.9. The summed E-state index contributed by atoms with van der Waals surface area (Å²) in [6.07, 6.45) is -3.59. The van der Waals surface area contributed by atoms with E-state index in [1.165, 1.54) is 6.20 Å². The first-order valence-electron chi connectivity index (χ1n) is 9.68. The number of alkyl halides is 3. The molecule has 0 fully saturated rings. The number of carbonyl (C=O) groups is 3. The summed E-state index contributed by atoms with van der Waals surface area (Å²) in [5.41, 5.74) is 8.09. The van der Waals surface area contributed by atoms with E-state index in [9.17, 15) is 22.8 Å². The number of hydrogen-bond donors (Lipinski definition) is 6. The third-order valence-corrected chi connectivity index (χ3v) is 4.15. The molecule has 0 aliphatic carbocycles. The van der Waals surface area contributed by atoms with Crippen molar-refractivity contribution in [3.8, 4) is 5.75 Å². The summed E-state index contributed by atoms with van der Waals surface area (Å²) in [5, 5.41) is 22.1. The minimum Gasteiger partial charge on any atom is -0.495 e. The lowest BCUT2D eigenvalue weighted by Crippen LogP contribution is -2.21. The van der Waals surface area contributed by atoms with Gasteiger partial charge in [0.1, 0.15) is 11.4 Å². The summed E-state index contributed by atoms with van der Waals surface area (Å²) in [5.74, 6) is -2.78. The maximum absolute atomic E-state index is 12.3. The van der Waals surface area contributed by atoms with Gasteiger partial charge in [0, 0.05) is 12.2 Å². The summed E-state index contributed by atoms with van der Waals surface area (Å²) in [6.45, 7) is 0.420. The van der Waals surface area contributed by atoms with Gasteiger partial charge in [-0.15, -0.1) is 0 Å². The van der Waals surface area contributed by atoms with Gasteiger partial charge in [0.25, 0.3) is 5.91 Å². The number of hydrogen-bond acceptors (Lipinski definition) is 6. The van der Waals surface area contributed by atoms with Gasteiger partial charge in [-0.1, -0.05) is 24.3 Å². The fourth-order valence-electron chi connectivity index (χ4n) is 2.60. The zero-order valence-corrected chi connectivity index (χ0v) is 18.1. The number of aliphatic carboxylic acids is 1. The number of carboxylic acid groups (broad SMARTS) is 1. The Bertz CT molecular complexity index is 1180. The monoisotopic (exact) mass is 494 g/mol. The van der Waals surface area contributed by atoms with E-state index in [-0.39, 0.29) is 11.7 Å². The number of para-hydroxylation sites is 2. The van der Waals surface area contributed by atoms with Gasteiger partial charge in [-0.3, -0.25) is 9.89 Å². The highest BCUT2D eigenvalue weighted by Crippen LogP contribution is 2.23. The molecule has 3 rings (SSSR count). The third-order valence-electron chi connectivity index (χ3n) is 4.15. The highest BCUT2D eigenvalue weighted by molar-refractivity contribution is 6.00. The van der Waals surface area contributed by atoms with E-state index in [1.807, 2.05) is 24.3 Å². The number of nitrogens with zero attached hydrogens (tertiary/aromatic N) is 1. The lowest BCUT2D eigenvalue weighted by Gasteiger charge is -2.12. The molecule has 1 heterocycles. The van der Waals surface area contributed by atoms with Crippen LogP contribution in [-0.2, 0) is 11.3 Å². The maximum Gasteiger partial charge on any atom is 0.490 e. The first kappa shape index (κ1) is 26.5. The molecule has 0 unspecified atom stereocenters. The van der Waals surface area contributed by atoms with E-state index in [0.717, 1.165) is 5.56 Å². The van der Waals surface area contributed by atoms with Crippen LogP contribution in [0.25, 0.3) is 0 Å². The largest absolute Gasteiger partial charge is 0.495 e. The number of urea groups is 1. The van der Waals surface area contributed by atoms with Crippen LogP contribution in [0.5, 0.6) is 5.75 Å². The highest BCUT2D eigenvalue weighted by atomic mass is 19.4. The molecule has 0 saturated heterocycles. The average molecular weight is 494 g/mol. The zero-order chi connectivity index (χ0) is 26.0. The quantitative estimate of drug-likeness (QED) is 0.292. The highest BCUT2D eigenvalue weighted by Gasteiger charge is 2.38. The van der Waals surface area contributed by atoms with Crippen LogP contribution in [0.15, 0.2) is 54.7 Å². The van der Waals surface area contributed by atoms with Crippen molar-refractivity contribution in [3.05, 3.63) is 66.0 Å². The third kappa shape index (κ3) is 8.27. The Balaban J connectivity index is 0.000000540. The number of rotatable bonds is 7. The van der Waals surface area contributed by atoms with Crippen LogP contribution in [0, 0.1) is 0 Å². The van der Waals surface area contributed by atoms with E-state index in [4.69, 9.17) is 20.4 Å². The molecule has 1 aromatic heterocycles. The van der Waals surface area contributed by atoms with Crippen molar-refractivity contribution >= 4 is 35.0 Å². The second-order valence-corrected chi connectivity index (χ2v) is 6.66. The molecule has 35 heavy (non-hydrogen) atoms. The molecule has 0 spiro atoms. The van der Waals surface area contributed by atoms with E-state index in [0.29, 0.717) is 29.4 Å². The van der Waals surface area contributed by atoms with Crippen molar-refractivity contribution in [1.82, 2.24) is 10.2 Å². The topological polar surface area (TPSA) is 171 Å². The van der Waals surface area contributed by atoms with Gasteiger partial charge in [0.2, 0.25) is 0 Å². The lowest BCUT2D eigenvalue weighted by molar-refractivity contribution is -0.192. The van der Waals surface area contributed by atoms with Crippen molar-refractivity contribution < 1.29 is 37.4 Å². The predicted octanol–water partition coefficient (Wildman–Crippen LogP) is 3.41. The number of nitrogens with two attached hydrogens (primary N) is 1. The molecule has 0 aliphatic rings. The number of aromatic amines is 1. The summed E-state index contributed by atoms with van der Waals surface area (Å²) in [6, 6.07) is 14.1. The number of nitrogens with one attached hydrogen (secondary N) is 4. The number of methoxy groups -OCH3 is 1. The second-order valence-electron chi connectivity index (χ2n) is 6.66. The van der Waals surface area contributed by atoms with E-state index < -0.39 is 18.1 Å². The van der Waals surface area contributed by atoms with Gasteiger partial charge in [-0.05, 0) is 29.8 Å². The average Bonchev–Trinajstić information content (AvgIpc) is 3.27. The van der Waals surface area contributed by atoms with Gasteiger partial charge in [0.15, 0.2) is 0 Å². The van der Waals surface area contributed by atoms with Crippen LogP contribution in [0.2, 0.25) is 0 Å². The molecule has 186 valence electrons. The molecule has 0 aliphatic heterocycles. The number of ether oxygens (including phenoxy) is 1. The van der Waals surface area contributed by atoms with Gasteiger partial charge in [-0.25, -0.2) is 9.59 Å². The van der Waals surface area contributed by atoms with Gasteiger partial charge in [0.05, 0.1) is 24.7 Å². The molecule has 0 atom stereocenters. The number of halogens is 3. The number of carbonyl (C=O) groups excluding carboxylic acids is 2. The van der Waals surface area contributed by atoms with Crippen LogP contribution in [-0.4, -0.2) is 46.5 Å². The van der Waals surface area contributed by atoms with Crippen LogP contribution in [0.3, 0.4) is 0 Å². The molecule has 3 aromatic rings. The SMILES string of the molecule is COc1ccccc1NC(=O)Nc1cccc(CNc2cn[nH]c2C(N)=O)c1.O=C(O)C(F)(F)F. The lowest BCUT2D eigenvalue weighted by atomic mass is 10.2. The van der Waals surface area contributed by atoms with Crippen molar-refractivity contribution in [1.29, 1.82) is 0 Å². The Morgan fingerprint density at radius 3 is 2.40 bits per heavy atom. The van der Waals surface area contributed by atoms with Gasteiger partial charge >= 0.3 is 18.2 Å². The first-order chi connectivity index (χ1) is 16.5. The first-order valence-corrected chi connectivity index (χ1v) is 9.68.